The molecule has 1 N–H and O–H groups in total. The molecule has 0 saturated carbocycles. The normalized spacial score (nSPS) is 10.6. The number of methoxy groups -OCH3 is 1. The van der Waals surface area contributed by atoms with Crippen LogP contribution in [0.4, 0.5) is 10.1 Å². The zero-order valence-electron chi connectivity index (χ0n) is 14.4. The van der Waals surface area contributed by atoms with Crippen LogP contribution in [0.25, 0.3) is 10.8 Å². The van der Waals surface area contributed by atoms with Gasteiger partial charge in [-0.1, -0.05) is 18.2 Å². The highest BCUT2D eigenvalue weighted by Gasteiger charge is 2.15. The van der Waals surface area contributed by atoms with Crippen molar-refractivity contribution in [2.45, 2.75) is 13.0 Å². The molecule has 0 radical (unpaired) electrons. The SMILES string of the molecule is COC(=O)Cc1nn(CC(=O)Nc2ccc(F)cc2)c(=O)c2ccccc12. The number of ether oxygens (including phenoxy) is 1. The smallest absolute Gasteiger partial charge is 0.311 e. The van der Waals surface area contributed by atoms with Crippen molar-refractivity contribution in [2.75, 3.05) is 12.4 Å². The molecule has 3 rings (SSSR count). The highest BCUT2D eigenvalue weighted by molar-refractivity contribution is 5.91. The van der Waals surface area contributed by atoms with E-state index in [-0.39, 0.29) is 13.0 Å². The largest absolute Gasteiger partial charge is 0.469 e. The molecule has 0 aliphatic rings. The van der Waals surface area contributed by atoms with Gasteiger partial charge < -0.3 is 10.1 Å². The van der Waals surface area contributed by atoms with Crippen LogP contribution in [0.2, 0.25) is 0 Å². The summed E-state index contributed by atoms with van der Waals surface area (Å²) in [5.74, 6) is -1.43. The highest BCUT2D eigenvalue weighted by Crippen LogP contribution is 2.14. The Morgan fingerprint density at radius 3 is 2.44 bits per heavy atom. The number of fused-ring (bicyclic) bond motifs is 1. The standard InChI is InChI=1S/C19H16FN3O4/c1-27-18(25)10-16-14-4-2-3-5-15(14)19(26)23(22-16)11-17(24)21-13-8-6-12(20)7-9-13/h2-9H,10-11H2,1H3,(H,21,24). The van der Waals surface area contributed by atoms with E-state index in [4.69, 9.17) is 0 Å². The van der Waals surface area contributed by atoms with E-state index in [2.05, 4.69) is 15.2 Å². The average Bonchev–Trinajstić information content (AvgIpc) is 2.67. The number of rotatable bonds is 5. The Hall–Kier alpha value is -3.55. The maximum atomic E-state index is 12.9. The fraction of sp³-hybridized carbons (Fsp3) is 0.158. The summed E-state index contributed by atoms with van der Waals surface area (Å²) in [4.78, 5) is 36.5. The van der Waals surface area contributed by atoms with Gasteiger partial charge in [-0.25, -0.2) is 9.07 Å². The number of carbonyl (C=O) groups excluding carboxylic acids is 2. The van der Waals surface area contributed by atoms with Crippen molar-refractivity contribution in [3.05, 3.63) is 70.4 Å². The number of halogens is 1. The molecule has 138 valence electrons. The number of hydrogen-bond acceptors (Lipinski definition) is 5. The molecule has 0 aliphatic heterocycles. The molecule has 0 fully saturated rings. The Morgan fingerprint density at radius 1 is 1.11 bits per heavy atom. The van der Waals surface area contributed by atoms with E-state index in [1.807, 2.05) is 0 Å². The molecule has 1 amide bonds. The molecule has 0 unspecified atom stereocenters. The Balaban J connectivity index is 1.92. The number of anilines is 1. The first-order valence-electron chi connectivity index (χ1n) is 8.09. The van der Waals surface area contributed by atoms with Gasteiger partial charge in [-0.2, -0.15) is 5.10 Å². The molecule has 0 saturated heterocycles. The van der Waals surface area contributed by atoms with Crippen molar-refractivity contribution in [2.24, 2.45) is 0 Å². The third-order valence-corrected chi connectivity index (χ3v) is 3.91. The third-order valence-electron chi connectivity index (χ3n) is 3.91. The molecule has 0 bridgehead atoms. The molecule has 3 aromatic rings. The fourth-order valence-electron chi connectivity index (χ4n) is 2.62. The van der Waals surface area contributed by atoms with Gasteiger partial charge in [0.2, 0.25) is 5.91 Å². The Labute approximate surface area is 153 Å². The molecule has 0 atom stereocenters. The molecule has 0 spiro atoms. The van der Waals surface area contributed by atoms with Crippen LogP contribution in [-0.2, 0) is 27.3 Å². The predicted octanol–water partition coefficient (Wildman–Crippen LogP) is 1.89. The molecule has 27 heavy (non-hydrogen) atoms. The minimum atomic E-state index is -0.506. The summed E-state index contributed by atoms with van der Waals surface area (Å²) in [5.41, 5.74) is 0.283. The first-order chi connectivity index (χ1) is 13.0. The van der Waals surface area contributed by atoms with E-state index in [1.165, 1.54) is 31.4 Å². The molecule has 7 nitrogen and oxygen atoms in total. The number of nitrogens with zero attached hydrogens (tertiary/aromatic N) is 2. The first-order valence-corrected chi connectivity index (χ1v) is 8.09. The topological polar surface area (TPSA) is 90.3 Å². The lowest BCUT2D eigenvalue weighted by Crippen LogP contribution is -2.31. The van der Waals surface area contributed by atoms with E-state index in [1.54, 1.807) is 24.3 Å². The number of amides is 1. The number of nitrogens with one attached hydrogen (secondary N) is 1. The first kappa shape index (κ1) is 18.2. The second kappa shape index (κ2) is 7.77. The van der Waals surface area contributed by atoms with Crippen LogP contribution in [0.15, 0.2) is 53.3 Å². The van der Waals surface area contributed by atoms with Gasteiger partial charge in [0, 0.05) is 11.1 Å². The molecule has 0 aliphatic carbocycles. The van der Waals surface area contributed by atoms with Gasteiger partial charge in [-0.15, -0.1) is 0 Å². The van der Waals surface area contributed by atoms with E-state index in [0.717, 1.165) is 4.68 Å². The fourth-order valence-corrected chi connectivity index (χ4v) is 2.62. The van der Waals surface area contributed by atoms with E-state index >= 15 is 0 Å². The predicted molar refractivity (Wildman–Crippen MR) is 96.8 cm³/mol. The Bertz CT molecular complexity index is 1060. The molecule has 1 aromatic heterocycles. The zero-order valence-corrected chi connectivity index (χ0v) is 14.4. The van der Waals surface area contributed by atoms with Gasteiger partial charge in [0.25, 0.3) is 5.56 Å². The molecular weight excluding hydrogens is 353 g/mol. The lowest BCUT2D eigenvalue weighted by Gasteiger charge is -2.11. The summed E-state index contributed by atoms with van der Waals surface area (Å²) < 4.78 is 18.6. The summed E-state index contributed by atoms with van der Waals surface area (Å²) in [6.07, 6.45) is -0.128. The number of hydrogen-bond donors (Lipinski definition) is 1. The van der Waals surface area contributed by atoms with Crippen molar-refractivity contribution >= 4 is 28.3 Å². The number of esters is 1. The number of benzene rings is 2. The van der Waals surface area contributed by atoms with Crippen LogP contribution in [0.1, 0.15) is 5.69 Å². The van der Waals surface area contributed by atoms with Crippen LogP contribution in [-0.4, -0.2) is 28.8 Å². The van der Waals surface area contributed by atoms with Crippen molar-refractivity contribution < 1.29 is 18.7 Å². The van der Waals surface area contributed by atoms with Crippen LogP contribution in [0, 0.1) is 5.82 Å². The van der Waals surface area contributed by atoms with E-state index in [9.17, 15) is 18.8 Å². The van der Waals surface area contributed by atoms with Gasteiger partial charge in [0.1, 0.15) is 12.4 Å². The highest BCUT2D eigenvalue weighted by atomic mass is 19.1. The minimum Gasteiger partial charge on any atom is -0.469 e. The van der Waals surface area contributed by atoms with Crippen LogP contribution < -0.4 is 10.9 Å². The number of aromatic nitrogens is 2. The summed E-state index contributed by atoms with van der Waals surface area (Å²) >= 11 is 0. The summed E-state index contributed by atoms with van der Waals surface area (Å²) in [7, 11) is 1.26. The van der Waals surface area contributed by atoms with E-state index < -0.39 is 23.3 Å². The van der Waals surface area contributed by atoms with Gasteiger partial charge >= 0.3 is 5.97 Å². The van der Waals surface area contributed by atoms with Gasteiger partial charge in [-0.05, 0) is 30.3 Å². The third kappa shape index (κ3) is 4.17. The van der Waals surface area contributed by atoms with Crippen LogP contribution >= 0.6 is 0 Å². The molecular formula is C19H16FN3O4. The van der Waals surface area contributed by atoms with Crippen LogP contribution in [0.3, 0.4) is 0 Å². The summed E-state index contributed by atoms with van der Waals surface area (Å²) in [6, 6.07) is 12.0. The zero-order chi connectivity index (χ0) is 19.4. The number of carbonyl (C=O) groups is 2. The summed E-state index contributed by atoms with van der Waals surface area (Å²) in [6.45, 7) is -0.352. The van der Waals surface area contributed by atoms with Gasteiger partial charge in [0.05, 0.1) is 24.6 Å². The summed E-state index contributed by atoms with van der Waals surface area (Å²) in [5, 5.41) is 7.61. The molecule has 1 heterocycles. The molecule has 8 heteroatoms. The Kier molecular flexibility index (Phi) is 5.25. The van der Waals surface area contributed by atoms with Crippen LogP contribution in [0.5, 0.6) is 0 Å². The maximum absolute atomic E-state index is 12.9. The Morgan fingerprint density at radius 2 is 1.78 bits per heavy atom. The van der Waals surface area contributed by atoms with Crippen molar-refractivity contribution in [3.63, 3.8) is 0 Å². The van der Waals surface area contributed by atoms with Crippen molar-refractivity contribution in [1.82, 2.24) is 9.78 Å². The van der Waals surface area contributed by atoms with Gasteiger partial charge in [-0.3, -0.25) is 14.4 Å². The second-order valence-electron chi connectivity index (χ2n) is 5.76. The lowest BCUT2D eigenvalue weighted by atomic mass is 10.1. The minimum absolute atomic E-state index is 0.128. The molecule has 2 aromatic carbocycles. The van der Waals surface area contributed by atoms with Crippen molar-refractivity contribution in [1.29, 1.82) is 0 Å². The van der Waals surface area contributed by atoms with E-state index in [0.29, 0.717) is 22.2 Å². The average molecular weight is 369 g/mol. The lowest BCUT2D eigenvalue weighted by molar-refractivity contribution is -0.139. The maximum Gasteiger partial charge on any atom is 0.311 e. The van der Waals surface area contributed by atoms with Gasteiger partial charge in [0.15, 0.2) is 0 Å². The quantitative estimate of drug-likeness (QED) is 0.694. The monoisotopic (exact) mass is 369 g/mol. The van der Waals surface area contributed by atoms with Crippen molar-refractivity contribution in [3.8, 4) is 0 Å². The second-order valence-corrected chi connectivity index (χ2v) is 5.76.